The number of aromatic amines is 1. The number of H-pyrrole nitrogens is 1. The Hall–Kier alpha value is -4.93. The van der Waals surface area contributed by atoms with Gasteiger partial charge in [-0.2, -0.15) is 15.6 Å². The van der Waals surface area contributed by atoms with Gasteiger partial charge < -0.3 is 9.88 Å². The largest absolute Gasteiger partial charge is 0.345 e. The molecule has 6 rings (SSSR count). The van der Waals surface area contributed by atoms with Gasteiger partial charge in [-0.3, -0.25) is 9.36 Å². The molecule has 5 aromatic rings. The fourth-order valence-corrected chi connectivity index (χ4v) is 5.38. The van der Waals surface area contributed by atoms with E-state index >= 15 is 0 Å². The van der Waals surface area contributed by atoms with E-state index in [0.29, 0.717) is 44.5 Å². The number of nitrogens with zero attached hydrogens (tertiary/aromatic N) is 8. The third kappa shape index (κ3) is 3.39. The fourth-order valence-electron chi connectivity index (χ4n) is 5.15. The molecule has 5 heterocycles. The fraction of sp³-hybridized carbons (Fsp3) is 0.185. The number of nitriles is 2. The van der Waals surface area contributed by atoms with Crippen LogP contribution in [-0.2, 0) is 0 Å². The van der Waals surface area contributed by atoms with Gasteiger partial charge in [0, 0.05) is 18.9 Å². The minimum Gasteiger partial charge on any atom is -0.345 e. The molecule has 1 aliphatic rings. The summed E-state index contributed by atoms with van der Waals surface area (Å²) in [5, 5.41) is 25.5. The highest BCUT2D eigenvalue weighted by Crippen LogP contribution is 2.44. The second kappa shape index (κ2) is 8.87. The highest BCUT2D eigenvalue weighted by Gasteiger charge is 2.42. The molecule has 10 nitrogen and oxygen atoms in total. The number of hydrogen-bond donors (Lipinski definition) is 1. The van der Waals surface area contributed by atoms with Crippen LogP contribution in [0.1, 0.15) is 24.4 Å². The average Bonchev–Trinajstić information content (AvgIpc) is 3.53. The van der Waals surface area contributed by atoms with E-state index in [1.807, 2.05) is 42.2 Å². The number of aromatic nitrogens is 6. The first-order chi connectivity index (χ1) is 18.4. The van der Waals surface area contributed by atoms with Crippen molar-refractivity contribution in [1.29, 1.82) is 10.5 Å². The Morgan fingerprint density at radius 3 is 2.71 bits per heavy atom. The zero-order chi connectivity index (χ0) is 26.6. The van der Waals surface area contributed by atoms with Crippen LogP contribution in [0.5, 0.6) is 0 Å². The zero-order valence-electron chi connectivity index (χ0n) is 20.2. The Morgan fingerprint density at radius 2 is 1.97 bits per heavy atom. The second-order valence-electron chi connectivity index (χ2n) is 9.18. The number of fused-ring (bicyclic) bond motifs is 2. The molecule has 0 aliphatic carbocycles. The van der Waals surface area contributed by atoms with Crippen molar-refractivity contribution < 1.29 is 0 Å². The van der Waals surface area contributed by atoms with Gasteiger partial charge in [0.05, 0.1) is 33.6 Å². The lowest BCUT2D eigenvalue weighted by Crippen LogP contribution is -2.46. The van der Waals surface area contributed by atoms with Crippen LogP contribution in [0.2, 0.25) is 5.02 Å². The molecule has 0 spiro atoms. The molecule has 1 N–H and O–H groups in total. The molecule has 4 aromatic heterocycles. The molecule has 0 saturated carbocycles. The number of para-hydroxylation sites is 1. The molecule has 0 radical (unpaired) electrons. The van der Waals surface area contributed by atoms with Crippen molar-refractivity contribution in [2.45, 2.75) is 13.0 Å². The molecule has 1 aliphatic heterocycles. The number of anilines is 1. The molecule has 0 amide bonds. The first-order valence-electron chi connectivity index (χ1n) is 11.9. The normalized spacial score (nSPS) is 19.5. The van der Waals surface area contributed by atoms with Crippen LogP contribution in [0.3, 0.4) is 0 Å². The van der Waals surface area contributed by atoms with Crippen molar-refractivity contribution in [3.05, 3.63) is 94.0 Å². The number of nitrogens with one attached hydrogen (secondary N) is 1. The van der Waals surface area contributed by atoms with E-state index in [-0.39, 0.29) is 23.5 Å². The van der Waals surface area contributed by atoms with Crippen LogP contribution < -0.4 is 10.5 Å². The van der Waals surface area contributed by atoms with Crippen LogP contribution in [0.15, 0.2) is 72.1 Å². The summed E-state index contributed by atoms with van der Waals surface area (Å²) in [4.78, 5) is 27.7. The summed E-state index contributed by atoms with van der Waals surface area (Å²) in [7, 11) is 0. The van der Waals surface area contributed by atoms with Gasteiger partial charge in [0.15, 0.2) is 5.82 Å². The number of rotatable bonds is 3. The average molecular weight is 522 g/mol. The maximum atomic E-state index is 13.9. The summed E-state index contributed by atoms with van der Waals surface area (Å²) < 4.78 is 3.00. The lowest BCUT2D eigenvalue weighted by atomic mass is 9.79. The van der Waals surface area contributed by atoms with E-state index < -0.39 is 12.0 Å². The van der Waals surface area contributed by atoms with E-state index in [1.54, 1.807) is 18.5 Å². The molecule has 1 saturated heterocycles. The minimum absolute atomic E-state index is 0.203. The minimum atomic E-state index is -0.660. The first-order valence-corrected chi connectivity index (χ1v) is 12.2. The van der Waals surface area contributed by atoms with E-state index in [4.69, 9.17) is 16.7 Å². The van der Waals surface area contributed by atoms with E-state index in [2.05, 4.69) is 33.7 Å². The van der Waals surface area contributed by atoms with Crippen molar-refractivity contribution in [2.24, 2.45) is 11.8 Å². The molecule has 1 unspecified atom stereocenters. The summed E-state index contributed by atoms with van der Waals surface area (Å²) >= 11 is 6.39. The van der Waals surface area contributed by atoms with Crippen LogP contribution in [-0.4, -0.2) is 35.7 Å². The van der Waals surface area contributed by atoms with Gasteiger partial charge in [-0.1, -0.05) is 43.3 Å². The van der Waals surface area contributed by atoms with Crippen molar-refractivity contribution in [1.82, 2.24) is 29.1 Å². The molecule has 186 valence electrons. The van der Waals surface area contributed by atoms with Crippen molar-refractivity contribution in [2.75, 3.05) is 11.4 Å². The Morgan fingerprint density at radius 1 is 1.18 bits per heavy atom. The maximum absolute atomic E-state index is 13.9. The monoisotopic (exact) mass is 521 g/mol. The molecule has 38 heavy (non-hydrogen) atoms. The number of piperidine rings is 1. The lowest BCUT2D eigenvalue weighted by molar-refractivity contribution is 0.388. The summed E-state index contributed by atoms with van der Waals surface area (Å²) in [6.07, 6.45) is 4.62. The predicted molar refractivity (Wildman–Crippen MR) is 142 cm³/mol. The Balaban J connectivity index is 1.69. The summed E-state index contributed by atoms with van der Waals surface area (Å²) in [5.41, 5.74) is 2.06. The number of benzene rings is 1. The van der Waals surface area contributed by atoms with Crippen molar-refractivity contribution in [3.63, 3.8) is 0 Å². The number of halogens is 1. The van der Waals surface area contributed by atoms with E-state index in [0.717, 1.165) is 0 Å². The first kappa shape index (κ1) is 23.5. The Kier molecular flexibility index (Phi) is 5.48. The van der Waals surface area contributed by atoms with Crippen LogP contribution in [0.4, 0.5) is 5.82 Å². The second-order valence-corrected chi connectivity index (χ2v) is 9.59. The highest BCUT2D eigenvalue weighted by atomic mass is 35.5. The SMILES string of the molecule is C=C1C(C)[C@H](C#N)CN(c2ncnc3[nH]cc(C#N)c23)[C@@H]1c1nn2ccc(Cl)c2c(=O)n1-c1ccccc1. The smallest absolute Gasteiger partial charge is 0.284 e. The summed E-state index contributed by atoms with van der Waals surface area (Å²) in [6.45, 7) is 6.61. The van der Waals surface area contributed by atoms with Gasteiger partial charge in [0.1, 0.15) is 35.4 Å². The van der Waals surface area contributed by atoms with Gasteiger partial charge in [0.2, 0.25) is 0 Å². The topological polar surface area (TPSA) is 132 Å². The molecular formula is C27H20ClN9O. The van der Waals surface area contributed by atoms with E-state index in [9.17, 15) is 15.3 Å². The van der Waals surface area contributed by atoms with Crippen molar-refractivity contribution >= 4 is 34.0 Å². The van der Waals surface area contributed by atoms with Gasteiger partial charge in [-0.15, -0.1) is 0 Å². The van der Waals surface area contributed by atoms with Crippen LogP contribution in [0.25, 0.3) is 22.2 Å². The summed E-state index contributed by atoms with van der Waals surface area (Å²) in [5.74, 6) is 0.223. The van der Waals surface area contributed by atoms with Crippen LogP contribution in [0, 0.1) is 34.5 Å². The predicted octanol–water partition coefficient (Wildman–Crippen LogP) is 4.17. The third-order valence-electron chi connectivity index (χ3n) is 7.17. The van der Waals surface area contributed by atoms with Gasteiger partial charge in [-0.25, -0.2) is 14.5 Å². The highest BCUT2D eigenvalue weighted by molar-refractivity contribution is 6.33. The number of hydrogen-bond acceptors (Lipinski definition) is 7. The molecule has 0 bridgehead atoms. The van der Waals surface area contributed by atoms with Gasteiger partial charge in [0.25, 0.3) is 5.56 Å². The molecule has 11 heteroatoms. The van der Waals surface area contributed by atoms with Gasteiger partial charge in [-0.05, 0) is 29.7 Å². The molecule has 1 aromatic carbocycles. The quantitative estimate of drug-likeness (QED) is 0.352. The van der Waals surface area contributed by atoms with Gasteiger partial charge >= 0.3 is 0 Å². The van der Waals surface area contributed by atoms with Crippen LogP contribution >= 0.6 is 11.6 Å². The standard InChI is InChI=1S/C27H20ClN9O/c1-15-16(2)22(35(13-18(15)11-30)25-21-17(10-29)12-31-24(21)32-14-33-25)26-34-36-9-8-20(28)23(36)27(38)37(26)19-6-4-3-5-7-19/h3-9,12,14-15,18,22H,2,13H2,1H3,(H,31,32,33)/t15?,18-,22+/m1/s1. The molecule has 3 atom stereocenters. The lowest BCUT2D eigenvalue weighted by Gasteiger charge is -2.43. The molecule has 1 fully saturated rings. The third-order valence-corrected chi connectivity index (χ3v) is 7.48. The van der Waals surface area contributed by atoms with Crippen molar-refractivity contribution in [3.8, 4) is 17.8 Å². The zero-order valence-corrected chi connectivity index (χ0v) is 21.0. The Labute approximate surface area is 221 Å². The molecular weight excluding hydrogens is 502 g/mol. The summed E-state index contributed by atoms with van der Waals surface area (Å²) in [6, 6.07) is 14.7. The van der Waals surface area contributed by atoms with E-state index in [1.165, 1.54) is 15.4 Å². The maximum Gasteiger partial charge on any atom is 0.284 e. The Bertz CT molecular complexity index is 1870.